The molecular formula is C13H19ClFNO. The Bertz CT molecular complexity index is 346. The highest BCUT2D eigenvalue weighted by molar-refractivity contribution is 6.30. The summed E-state index contributed by atoms with van der Waals surface area (Å²) in [5.41, 5.74) is 0.627. The molecule has 0 saturated carbocycles. The molecule has 0 aliphatic rings. The van der Waals surface area contributed by atoms with Crippen LogP contribution in [0.4, 0.5) is 4.39 Å². The lowest BCUT2D eigenvalue weighted by atomic mass is 10.2. The number of hydrogen-bond acceptors (Lipinski definition) is 2. The van der Waals surface area contributed by atoms with Gasteiger partial charge in [-0.25, -0.2) is 4.39 Å². The predicted octanol–water partition coefficient (Wildman–Crippen LogP) is 3.07. The van der Waals surface area contributed by atoms with E-state index in [0.717, 1.165) is 25.8 Å². The monoisotopic (exact) mass is 259 g/mol. The molecule has 0 radical (unpaired) electrons. The predicted molar refractivity (Wildman–Crippen MR) is 68.7 cm³/mol. The van der Waals surface area contributed by atoms with E-state index < -0.39 is 0 Å². The van der Waals surface area contributed by atoms with E-state index in [9.17, 15) is 4.39 Å². The molecule has 96 valence electrons. The Morgan fingerprint density at radius 1 is 1.29 bits per heavy atom. The van der Waals surface area contributed by atoms with Crippen molar-refractivity contribution < 1.29 is 9.50 Å². The van der Waals surface area contributed by atoms with Gasteiger partial charge in [0.1, 0.15) is 5.82 Å². The topological polar surface area (TPSA) is 23.5 Å². The molecule has 1 N–H and O–H groups in total. The van der Waals surface area contributed by atoms with E-state index >= 15 is 0 Å². The first-order valence-corrected chi connectivity index (χ1v) is 6.24. The Morgan fingerprint density at radius 3 is 2.76 bits per heavy atom. The van der Waals surface area contributed by atoms with Gasteiger partial charge < -0.3 is 10.0 Å². The van der Waals surface area contributed by atoms with Gasteiger partial charge in [-0.05, 0) is 51.1 Å². The van der Waals surface area contributed by atoms with Crippen LogP contribution in [0.15, 0.2) is 18.2 Å². The van der Waals surface area contributed by atoms with Crippen LogP contribution in [0.5, 0.6) is 0 Å². The maximum Gasteiger partial charge on any atom is 0.127 e. The number of benzene rings is 1. The van der Waals surface area contributed by atoms with Crippen LogP contribution in [0.1, 0.15) is 24.8 Å². The lowest BCUT2D eigenvalue weighted by Crippen LogP contribution is -2.19. The Labute approximate surface area is 107 Å². The summed E-state index contributed by atoms with van der Waals surface area (Å²) in [7, 11) is 1.96. The molecule has 17 heavy (non-hydrogen) atoms. The number of halogens is 2. The number of nitrogens with zero attached hydrogens (tertiary/aromatic N) is 1. The fourth-order valence-corrected chi connectivity index (χ4v) is 1.90. The van der Waals surface area contributed by atoms with Crippen LogP contribution >= 0.6 is 11.6 Å². The third-order valence-corrected chi connectivity index (χ3v) is 2.88. The lowest BCUT2D eigenvalue weighted by molar-refractivity contribution is 0.270. The minimum atomic E-state index is -0.211. The molecule has 0 fully saturated rings. The Morgan fingerprint density at radius 2 is 2.06 bits per heavy atom. The third-order valence-electron chi connectivity index (χ3n) is 2.65. The molecule has 0 amide bonds. The highest BCUT2D eigenvalue weighted by atomic mass is 35.5. The van der Waals surface area contributed by atoms with Crippen molar-refractivity contribution in [1.82, 2.24) is 4.90 Å². The molecule has 1 aromatic rings. The number of hydrogen-bond donors (Lipinski definition) is 1. The van der Waals surface area contributed by atoms with Gasteiger partial charge in [0.05, 0.1) is 0 Å². The van der Waals surface area contributed by atoms with E-state index in [4.69, 9.17) is 16.7 Å². The van der Waals surface area contributed by atoms with Crippen LogP contribution in [0.3, 0.4) is 0 Å². The molecule has 0 aromatic heterocycles. The van der Waals surface area contributed by atoms with Crippen LogP contribution < -0.4 is 0 Å². The smallest absolute Gasteiger partial charge is 0.127 e. The minimum absolute atomic E-state index is 0.211. The average Bonchev–Trinajstić information content (AvgIpc) is 2.29. The Balaban J connectivity index is 2.39. The zero-order valence-electron chi connectivity index (χ0n) is 10.1. The van der Waals surface area contributed by atoms with E-state index in [1.807, 2.05) is 7.05 Å². The summed E-state index contributed by atoms with van der Waals surface area (Å²) in [6.45, 7) is 1.70. The molecule has 2 nitrogen and oxygen atoms in total. The van der Waals surface area contributed by atoms with Crippen molar-refractivity contribution in [2.45, 2.75) is 25.8 Å². The van der Waals surface area contributed by atoms with Crippen LogP contribution in [0.25, 0.3) is 0 Å². The van der Waals surface area contributed by atoms with Crippen molar-refractivity contribution in [3.05, 3.63) is 34.6 Å². The highest BCUT2D eigenvalue weighted by Crippen LogP contribution is 2.16. The summed E-state index contributed by atoms with van der Waals surface area (Å²) in [5, 5.41) is 9.22. The van der Waals surface area contributed by atoms with Gasteiger partial charge in [0.25, 0.3) is 0 Å². The molecule has 0 saturated heterocycles. The van der Waals surface area contributed by atoms with Gasteiger partial charge in [0, 0.05) is 23.7 Å². The van der Waals surface area contributed by atoms with Crippen LogP contribution in [-0.4, -0.2) is 30.2 Å². The highest BCUT2D eigenvalue weighted by Gasteiger charge is 2.06. The van der Waals surface area contributed by atoms with E-state index in [1.165, 1.54) is 6.07 Å². The molecule has 0 aliphatic heterocycles. The van der Waals surface area contributed by atoms with Gasteiger partial charge in [0.2, 0.25) is 0 Å². The molecular weight excluding hydrogens is 241 g/mol. The normalized spacial score (nSPS) is 11.1. The van der Waals surface area contributed by atoms with E-state index in [0.29, 0.717) is 17.1 Å². The molecule has 0 bridgehead atoms. The lowest BCUT2D eigenvalue weighted by Gasteiger charge is -2.17. The number of rotatable bonds is 7. The number of aliphatic hydroxyl groups excluding tert-OH is 1. The first-order chi connectivity index (χ1) is 8.13. The third kappa shape index (κ3) is 5.48. The quantitative estimate of drug-likeness (QED) is 0.761. The van der Waals surface area contributed by atoms with Crippen molar-refractivity contribution in [3.8, 4) is 0 Å². The summed E-state index contributed by atoms with van der Waals surface area (Å²) in [6, 6.07) is 4.63. The molecule has 1 rings (SSSR count). The summed E-state index contributed by atoms with van der Waals surface area (Å²) in [6.07, 6.45) is 2.84. The standard InChI is InChI=1S/C13H19ClFNO/c1-16(7-3-2-4-8-17)10-11-9-12(14)5-6-13(11)15/h5-6,9,17H,2-4,7-8,10H2,1H3. The van der Waals surface area contributed by atoms with Gasteiger partial charge in [0.15, 0.2) is 0 Å². The van der Waals surface area contributed by atoms with Gasteiger partial charge >= 0.3 is 0 Å². The molecule has 1 aromatic carbocycles. The fraction of sp³-hybridized carbons (Fsp3) is 0.538. The van der Waals surface area contributed by atoms with Crippen molar-refractivity contribution in [3.63, 3.8) is 0 Å². The summed E-state index contributed by atoms with van der Waals surface area (Å²) >= 11 is 5.83. The molecule has 0 spiro atoms. The number of aliphatic hydroxyl groups is 1. The van der Waals surface area contributed by atoms with Crippen LogP contribution in [0.2, 0.25) is 5.02 Å². The summed E-state index contributed by atoms with van der Waals surface area (Å²) in [5.74, 6) is -0.211. The maximum atomic E-state index is 13.5. The van der Waals surface area contributed by atoms with Crippen molar-refractivity contribution in [2.24, 2.45) is 0 Å². The molecule has 0 aliphatic carbocycles. The zero-order valence-corrected chi connectivity index (χ0v) is 10.9. The molecule has 0 atom stereocenters. The SMILES string of the molecule is CN(CCCCCO)Cc1cc(Cl)ccc1F. The van der Waals surface area contributed by atoms with Crippen molar-refractivity contribution in [1.29, 1.82) is 0 Å². The Kier molecular flexibility index (Phi) is 6.48. The average molecular weight is 260 g/mol. The first-order valence-electron chi connectivity index (χ1n) is 5.87. The Hall–Kier alpha value is -0.640. The minimum Gasteiger partial charge on any atom is -0.396 e. The second kappa shape index (κ2) is 7.64. The van der Waals surface area contributed by atoms with Crippen molar-refractivity contribution >= 4 is 11.6 Å². The van der Waals surface area contributed by atoms with E-state index in [2.05, 4.69) is 4.90 Å². The zero-order chi connectivity index (χ0) is 12.7. The number of unbranched alkanes of at least 4 members (excludes halogenated alkanes) is 2. The van der Waals surface area contributed by atoms with Gasteiger partial charge in [-0.3, -0.25) is 0 Å². The molecule has 0 unspecified atom stereocenters. The second-order valence-corrected chi connectivity index (χ2v) is 4.69. The van der Waals surface area contributed by atoms with Crippen LogP contribution in [-0.2, 0) is 6.54 Å². The fourth-order valence-electron chi connectivity index (χ4n) is 1.70. The van der Waals surface area contributed by atoms with Gasteiger partial charge in [-0.15, -0.1) is 0 Å². The first kappa shape index (κ1) is 14.4. The molecule has 0 heterocycles. The van der Waals surface area contributed by atoms with E-state index in [-0.39, 0.29) is 12.4 Å². The molecule has 4 heteroatoms. The van der Waals surface area contributed by atoms with E-state index in [1.54, 1.807) is 12.1 Å². The summed E-state index contributed by atoms with van der Waals surface area (Å²) < 4.78 is 13.5. The largest absolute Gasteiger partial charge is 0.396 e. The van der Waals surface area contributed by atoms with Gasteiger partial charge in [-0.2, -0.15) is 0 Å². The van der Waals surface area contributed by atoms with Crippen molar-refractivity contribution in [2.75, 3.05) is 20.2 Å². The second-order valence-electron chi connectivity index (χ2n) is 4.26. The van der Waals surface area contributed by atoms with Gasteiger partial charge in [-0.1, -0.05) is 11.6 Å². The maximum absolute atomic E-state index is 13.5. The summed E-state index contributed by atoms with van der Waals surface area (Å²) in [4.78, 5) is 2.06. The van der Waals surface area contributed by atoms with Crippen LogP contribution in [0, 0.1) is 5.82 Å².